The number of nitrogens with one attached hydrogen (secondary N) is 1. The molecule has 0 saturated heterocycles. The largest absolute Gasteiger partial charge is 0.493 e. The first-order valence-electron chi connectivity index (χ1n) is 6.79. The van der Waals surface area contributed by atoms with Crippen LogP contribution in [0.5, 0.6) is 11.5 Å². The van der Waals surface area contributed by atoms with Crippen molar-refractivity contribution in [2.45, 2.75) is 12.8 Å². The minimum absolute atomic E-state index is 0.500. The number of methoxy groups -OCH3 is 2. The summed E-state index contributed by atoms with van der Waals surface area (Å²) in [5.74, 6) is 1.52. The van der Waals surface area contributed by atoms with Gasteiger partial charge >= 0.3 is 0 Å². The van der Waals surface area contributed by atoms with Gasteiger partial charge < -0.3 is 14.8 Å². The molecule has 1 aromatic heterocycles. The van der Waals surface area contributed by atoms with Crippen LogP contribution >= 0.6 is 11.6 Å². The summed E-state index contributed by atoms with van der Waals surface area (Å²) in [7, 11) is 3.29. The molecule has 2 aromatic rings. The standard InChI is InChI=1S/C16H19ClN2O2/c1-20-14-6-5-12(10-15(14)21-2)4-3-8-18-13-7-9-19-16(17)11-13/h5-7,9-11H,3-4,8H2,1-2H3,(H,18,19). The van der Waals surface area contributed by atoms with Crippen molar-refractivity contribution in [2.24, 2.45) is 0 Å². The van der Waals surface area contributed by atoms with E-state index in [1.165, 1.54) is 5.56 Å². The molecule has 0 spiro atoms. The van der Waals surface area contributed by atoms with E-state index in [4.69, 9.17) is 21.1 Å². The molecule has 0 unspecified atom stereocenters. The average Bonchev–Trinajstić information content (AvgIpc) is 2.51. The Morgan fingerprint density at radius 2 is 1.90 bits per heavy atom. The average molecular weight is 307 g/mol. The van der Waals surface area contributed by atoms with Crippen LogP contribution in [0.1, 0.15) is 12.0 Å². The number of ether oxygens (including phenoxy) is 2. The second-order valence-corrected chi connectivity index (χ2v) is 4.97. The van der Waals surface area contributed by atoms with Crippen LogP contribution < -0.4 is 14.8 Å². The molecule has 0 radical (unpaired) electrons. The second kappa shape index (κ2) is 7.74. The van der Waals surface area contributed by atoms with Crippen molar-refractivity contribution in [1.29, 1.82) is 0 Å². The molecule has 0 amide bonds. The van der Waals surface area contributed by atoms with Gasteiger partial charge in [-0.1, -0.05) is 17.7 Å². The summed E-state index contributed by atoms with van der Waals surface area (Å²) >= 11 is 5.84. The van der Waals surface area contributed by atoms with E-state index in [-0.39, 0.29) is 0 Å². The number of hydrogen-bond acceptors (Lipinski definition) is 4. The first kappa shape index (κ1) is 15.4. The highest BCUT2D eigenvalue weighted by molar-refractivity contribution is 6.29. The van der Waals surface area contributed by atoms with Crippen LogP contribution in [-0.2, 0) is 6.42 Å². The predicted octanol–water partition coefficient (Wildman–Crippen LogP) is 3.80. The summed E-state index contributed by atoms with van der Waals surface area (Å²) < 4.78 is 10.5. The Kier molecular flexibility index (Phi) is 5.69. The fourth-order valence-electron chi connectivity index (χ4n) is 2.07. The van der Waals surface area contributed by atoms with Crippen molar-refractivity contribution >= 4 is 17.3 Å². The SMILES string of the molecule is COc1ccc(CCCNc2ccnc(Cl)c2)cc1OC. The van der Waals surface area contributed by atoms with Crippen LogP contribution in [0.25, 0.3) is 0 Å². The number of aryl methyl sites for hydroxylation is 1. The number of aromatic nitrogens is 1. The number of halogens is 1. The minimum atomic E-state index is 0.500. The molecule has 0 saturated carbocycles. The van der Waals surface area contributed by atoms with E-state index < -0.39 is 0 Å². The summed E-state index contributed by atoms with van der Waals surface area (Å²) in [6.45, 7) is 0.870. The molecule has 2 rings (SSSR count). The molecule has 0 aliphatic carbocycles. The summed E-state index contributed by atoms with van der Waals surface area (Å²) in [5.41, 5.74) is 2.21. The van der Waals surface area contributed by atoms with Gasteiger partial charge in [-0.15, -0.1) is 0 Å². The Morgan fingerprint density at radius 3 is 2.62 bits per heavy atom. The van der Waals surface area contributed by atoms with E-state index in [2.05, 4.69) is 16.4 Å². The summed E-state index contributed by atoms with van der Waals surface area (Å²) in [6.07, 6.45) is 3.67. The highest BCUT2D eigenvalue weighted by atomic mass is 35.5. The minimum Gasteiger partial charge on any atom is -0.493 e. The first-order chi connectivity index (χ1) is 10.2. The maximum Gasteiger partial charge on any atom is 0.160 e. The monoisotopic (exact) mass is 306 g/mol. The van der Waals surface area contributed by atoms with Crippen molar-refractivity contribution < 1.29 is 9.47 Å². The smallest absolute Gasteiger partial charge is 0.160 e. The molecule has 0 atom stereocenters. The highest BCUT2D eigenvalue weighted by Gasteiger charge is 2.04. The van der Waals surface area contributed by atoms with E-state index >= 15 is 0 Å². The van der Waals surface area contributed by atoms with Gasteiger partial charge in [0.25, 0.3) is 0 Å². The number of anilines is 1. The number of rotatable bonds is 7. The molecule has 1 N–H and O–H groups in total. The maximum atomic E-state index is 5.84. The van der Waals surface area contributed by atoms with Gasteiger partial charge in [0.05, 0.1) is 14.2 Å². The van der Waals surface area contributed by atoms with Gasteiger partial charge in [0.2, 0.25) is 0 Å². The van der Waals surface area contributed by atoms with Crippen LogP contribution in [0, 0.1) is 0 Å². The Balaban J connectivity index is 1.83. The fourth-order valence-corrected chi connectivity index (χ4v) is 2.25. The van der Waals surface area contributed by atoms with Gasteiger partial charge in [0.15, 0.2) is 11.5 Å². The lowest BCUT2D eigenvalue weighted by atomic mass is 10.1. The molecule has 0 aliphatic heterocycles. The van der Waals surface area contributed by atoms with Gasteiger partial charge in [-0.25, -0.2) is 4.98 Å². The molecule has 0 fully saturated rings. The molecule has 21 heavy (non-hydrogen) atoms. The molecule has 0 bridgehead atoms. The van der Waals surface area contributed by atoms with Crippen molar-refractivity contribution in [3.8, 4) is 11.5 Å². The van der Waals surface area contributed by atoms with Gasteiger partial charge in [0, 0.05) is 18.4 Å². The van der Waals surface area contributed by atoms with E-state index in [1.807, 2.05) is 24.3 Å². The zero-order valence-corrected chi connectivity index (χ0v) is 13.0. The fraction of sp³-hybridized carbons (Fsp3) is 0.312. The number of benzene rings is 1. The Hall–Kier alpha value is -1.94. The highest BCUT2D eigenvalue weighted by Crippen LogP contribution is 2.27. The third-order valence-corrected chi connectivity index (χ3v) is 3.35. The zero-order valence-electron chi connectivity index (χ0n) is 12.2. The third kappa shape index (κ3) is 4.53. The topological polar surface area (TPSA) is 43.4 Å². The van der Waals surface area contributed by atoms with Gasteiger partial charge in [-0.05, 0) is 42.7 Å². The number of nitrogens with zero attached hydrogens (tertiary/aromatic N) is 1. The Morgan fingerprint density at radius 1 is 1.10 bits per heavy atom. The quantitative estimate of drug-likeness (QED) is 0.624. The van der Waals surface area contributed by atoms with Crippen molar-refractivity contribution in [3.05, 3.63) is 47.2 Å². The Bertz CT molecular complexity index is 590. The third-order valence-electron chi connectivity index (χ3n) is 3.15. The molecular formula is C16H19ClN2O2. The lowest BCUT2D eigenvalue weighted by Gasteiger charge is -2.10. The van der Waals surface area contributed by atoms with Gasteiger partial charge in [-0.3, -0.25) is 0 Å². The van der Waals surface area contributed by atoms with Crippen LogP contribution in [0.2, 0.25) is 5.15 Å². The molecule has 1 heterocycles. The summed E-state index contributed by atoms with van der Waals surface area (Å²) in [6, 6.07) is 9.73. The summed E-state index contributed by atoms with van der Waals surface area (Å²) in [5, 5.41) is 3.83. The van der Waals surface area contributed by atoms with Crippen molar-refractivity contribution in [2.75, 3.05) is 26.1 Å². The zero-order chi connectivity index (χ0) is 15.1. The molecule has 1 aromatic carbocycles. The lowest BCUT2D eigenvalue weighted by Crippen LogP contribution is -2.03. The molecule has 0 aliphatic rings. The number of hydrogen-bond donors (Lipinski definition) is 1. The van der Waals surface area contributed by atoms with E-state index in [9.17, 15) is 0 Å². The molecule has 4 nitrogen and oxygen atoms in total. The van der Waals surface area contributed by atoms with Gasteiger partial charge in [-0.2, -0.15) is 0 Å². The first-order valence-corrected chi connectivity index (χ1v) is 7.17. The molecular weight excluding hydrogens is 288 g/mol. The Labute approximate surface area is 130 Å². The summed E-state index contributed by atoms with van der Waals surface area (Å²) in [4.78, 5) is 3.95. The van der Waals surface area contributed by atoms with Gasteiger partial charge in [0.1, 0.15) is 5.15 Å². The van der Waals surface area contributed by atoms with Crippen LogP contribution in [0.3, 0.4) is 0 Å². The maximum absolute atomic E-state index is 5.84. The van der Waals surface area contributed by atoms with Crippen molar-refractivity contribution in [1.82, 2.24) is 4.98 Å². The van der Waals surface area contributed by atoms with Crippen LogP contribution in [-0.4, -0.2) is 25.7 Å². The molecule has 112 valence electrons. The van der Waals surface area contributed by atoms with Crippen molar-refractivity contribution in [3.63, 3.8) is 0 Å². The van der Waals surface area contributed by atoms with Crippen LogP contribution in [0.15, 0.2) is 36.5 Å². The predicted molar refractivity (Wildman–Crippen MR) is 85.6 cm³/mol. The van der Waals surface area contributed by atoms with Crippen LogP contribution in [0.4, 0.5) is 5.69 Å². The lowest BCUT2D eigenvalue weighted by molar-refractivity contribution is 0.354. The van der Waals surface area contributed by atoms with E-state index in [0.29, 0.717) is 5.15 Å². The second-order valence-electron chi connectivity index (χ2n) is 4.59. The normalized spacial score (nSPS) is 10.2. The van der Waals surface area contributed by atoms with E-state index in [0.717, 1.165) is 36.6 Å². The molecule has 5 heteroatoms. The van der Waals surface area contributed by atoms with E-state index in [1.54, 1.807) is 20.4 Å². The number of pyridine rings is 1.